The monoisotopic (exact) mass is 465 g/mol. The van der Waals surface area contributed by atoms with Gasteiger partial charge in [-0.2, -0.15) is 0 Å². The molecule has 33 heavy (non-hydrogen) atoms. The molecule has 1 fully saturated rings. The number of hydrogen-bond donors (Lipinski definition) is 0. The summed E-state index contributed by atoms with van der Waals surface area (Å²) in [5.74, 6) is -0.705. The molecule has 170 valence electrons. The van der Waals surface area contributed by atoms with Crippen LogP contribution in [0.3, 0.4) is 0 Å². The first-order valence-corrected chi connectivity index (χ1v) is 10.8. The Balaban J connectivity index is 0.00000306. The van der Waals surface area contributed by atoms with Gasteiger partial charge < -0.3 is 19.4 Å². The van der Waals surface area contributed by atoms with Crippen molar-refractivity contribution in [2.24, 2.45) is 0 Å². The van der Waals surface area contributed by atoms with Crippen LogP contribution in [0.1, 0.15) is 43.6 Å². The number of amides is 1. The summed E-state index contributed by atoms with van der Waals surface area (Å²) in [6.07, 6.45) is 1.04. The van der Waals surface area contributed by atoms with E-state index in [1.165, 1.54) is 4.90 Å². The summed E-state index contributed by atoms with van der Waals surface area (Å²) in [5, 5.41) is 12.6. The third-order valence-electron chi connectivity index (χ3n) is 5.52. The molecule has 10 heteroatoms. The van der Waals surface area contributed by atoms with E-state index in [0.29, 0.717) is 23.9 Å². The van der Waals surface area contributed by atoms with Crippen LogP contribution in [0.15, 0.2) is 36.5 Å². The molecule has 2 atom stereocenters. The number of nitrogens with zero attached hydrogens (tertiary/aromatic N) is 3. The predicted molar refractivity (Wildman–Crippen MR) is 115 cm³/mol. The Kier molecular flexibility index (Phi) is 7.65. The van der Waals surface area contributed by atoms with E-state index >= 15 is 0 Å². The number of carboxylic acid groups (broad SMARTS) is 1. The van der Waals surface area contributed by atoms with E-state index in [-0.39, 0.29) is 38.0 Å². The van der Waals surface area contributed by atoms with Gasteiger partial charge >= 0.3 is 25.0 Å². The van der Waals surface area contributed by atoms with Gasteiger partial charge in [0.05, 0.1) is 23.7 Å². The van der Waals surface area contributed by atoms with Gasteiger partial charge in [-0.05, 0) is 39.0 Å². The second-order valence-corrected chi connectivity index (χ2v) is 9.36. The first kappa shape index (κ1) is 25.4. The van der Waals surface area contributed by atoms with Gasteiger partial charge in [0.2, 0.25) is 0 Å². The van der Waals surface area contributed by atoms with Crippen molar-refractivity contribution in [3.8, 4) is 5.75 Å². The van der Waals surface area contributed by atoms with Crippen molar-refractivity contribution < 1.29 is 43.0 Å². The first-order valence-electron chi connectivity index (χ1n) is 10.4. The Bertz CT molecular complexity index is 1040. The zero-order valence-corrected chi connectivity index (χ0v) is 20.0. The van der Waals surface area contributed by atoms with Gasteiger partial charge in [-0.15, -0.1) is 0 Å². The van der Waals surface area contributed by atoms with Gasteiger partial charge in [-0.3, -0.25) is 14.8 Å². The molecule has 0 radical (unpaired) electrons. The molecule has 0 bridgehead atoms. The van der Waals surface area contributed by atoms with Gasteiger partial charge in [0.15, 0.2) is 0 Å². The molecule has 2 aliphatic heterocycles. The number of carbonyl (C=O) groups excluding carboxylic acids is 2. The van der Waals surface area contributed by atoms with Crippen molar-refractivity contribution in [3.05, 3.63) is 58.4 Å². The molecular formula is C23H25ClLiN3O5. The predicted octanol–water partition coefficient (Wildman–Crippen LogP) is -0.608. The average Bonchev–Trinajstić information content (AvgIpc) is 2.88. The molecule has 0 N–H and O–H groups in total. The number of benzene rings is 1. The number of halogens is 1. The maximum atomic E-state index is 12.6. The number of carbonyl (C=O) groups is 2. The second-order valence-electron chi connectivity index (χ2n) is 8.92. The third kappa shape index (κ3) is 5.47. The van der Waals surface area contributed by atoms with Crippen LogP contribution in [-0.4, -0.2) is 58.1 Å². The number of hydrogen-bond acceptors (Lipinski definition) is 7. The number of carboxylic acids is 1. The molecule has 2 aromatic rings. The van der Waals surface area contributed by atoms with E-state index in [0.717, 1.165) is 16.8 Å². The fraction of sp³-hybridized carbons (Fsp3) is 0.435. The normalized spacial score (nSPS) is 20.4. The Morgan fingerprint density at radius 3 is 2.70 bits per heavy atom. The maximum absolute atomic E-state index is 12.6. The summed E-state index contributed by atoms with van der Waals surface area (Å²) in [7, 11) is 0. The molecule has 1 amide bonds. The van der Waals surface area contributed by atoms with Crippen molar-refractivity contribution in [1.29, 1.82) is 0 Å². The number of fused-ring (bicyclic) bond motifs is 2. The number of rotatable bonds is 2. The molecule has 0 unspecified atom stereocenters. The number of pyridine rings is 1. The van der Waals surface area contributed by atoms with Crippen LogP contribution >= 0.6 is 11.6 Å². The largest absolute Gasteiger partial charge is 1.00 e. The summed E-state index contributed by atoms with van der Waals surface area (Å²) in [6.45, 7) is 6.21. The number of ether oxygens (including phenoxy) is 2. The molecule has 8 nitrogen and oxygen atoms in total. The average molecular weight is 466 g/mol. The molecular weight excluding hydrogens is 441 g/mol. The van der Waals surface area contributed by atoms with E-state index in [1.807, 2.05) is 23.1 Å². The van der Waals surface area contributed by atoms with Crippen LogP contribution in [0.25, 0.3) is 0 Å². The van der Waals surface area contributed by atoms with Crippen molar-refractivity contribution in [2.75, 3.05) is 19.6 Å². The summed E-state index contributed by atoms with van der Waals surface area (Å²) < 4.78 is 11.4. The van der Waals surface area contributed by atoms with Gasteiger partial charge in [0.25, 0.3) is 0 Å². The second kappa shape index (κ2) is 9.94. The van der Waals surface area contributed by atoms with Crippen LogP contribution in [0, 0.1) is 0 Å². The van der Waals surface area contributed by atoms with Crippen LogP contribution in [-0.2, 0) is 16.1 Å². The quantitative estimate of drug-likeness (QED) is 0.546. The molecule has 4 rings (SSSR count). The van der Waals surface area contributed by atoms with E-state index in [4.69, 9.17) is 21.1 Å². The molecule has 1 saturated heterocycles. The fourth-order valence-corrected chi connectivity index (χ4v) is 4.29. The zero-order valence-electron chi connectivity index (χ0n) is 19.2. The van der Waals surface area contributed by atoms with Crippen molar-refractivity contribution in [2.45, 2.75) is 45.1 Å². The Labute approximate surface area is 210 Å². The van der Waals surface area contributed by atoms with Gasteiger partial charge in [0, 0.05) is 42.0 Å². The minimum Gasteiger partial charge on any atom is -0.548 e. The van der Waals surface area contributed by atoms with Gasteiger partial charge in [-0.1, -0.05) is 23.7 Å². The van der Waals surface area contributed by atoms with Crippen molar-refractivity contribution >= 4 is 23.7 Å². The third-order valence-corrected chi connectivity index (χ3v) is 5.75. The molecule has 1 aromatic heterocycles. The Morgan fingerprint density at radius 2 is 2.00 bits per heavy atom. The molecule has 2 aliphatic rings. The molecule has 0 saturated carbocycles. The van der Waals surface area contributed by atoms with E-state index < -0.39 is 23.7 Å². The topological polar surface area (TPSA) is 95.0 Å². The zero-order chi connectivity index (χ0) is 23.0. The van der Waals surface area contributed by atoms with E-state index in [1.54, 1.807) is 39.1 Å². The van der Waals surface area contributed by atoms with Crippen LogP contribution in [0.2, 0.25) is 5.02 Å². The standard InChI is InChI=1S/C23H26ClN3O5.Li/c1-23(2,3)32-22(30)27-10-9-26(12-17(27)21(28)29)20-16-7-6-15(24)11-18(16)31-13-14-5-4-8-25-19(14)20;/h4-8,11,17,20H,9-10,12-13H2,1-3H3,(H,28,29);/q;+1/p-1/t17-,20+;/m1./s1. The molecule has 0 aliphatic carbocycles. The maximum Gasteiger partial charge on any atom is 1.00 e. The first-order chi connectivity index (χ1) is 15.1. The molecule has 0 spiro atoms. The van der Waals surface area contributed by atoms with E-state index in [2.05, 4.69) is 4.98 Å². The van der Waals surface area contributed by atoms with Crippen molar-refractivity contribution in [1.82, 2.24) is 14.8 Å². The van der Waals surface area contributed by atoms with Crippen LogP contribution < -0.4 is 28.7 Å². The summed E-state index contributed by atoms with van der Waals surface area (Å²) >= 11 is 6.19. The van der Waals surface area contributed by atoms with Crippen LogP contribution in [0.5, 0.6) is 5.75 Å². The summed E-state index contributed by atoms with van der Waals surface area (Å²) in [6, 6.07) is 7.67. The number of piperazine rings is 1. The van der Waals surface area contributed by atoms with E-state index in [9.17, 15) is 14.7 Å². The molecule has 1 aromatic carbocycles. The Hall–Kier alpha value is -2.24. The number of aliphatic carboxylic acids is 1. The van der Waals surface area contributed by atoms with Crippen molar-refractivity contribution in [3.63, 3.8) is 0 Å². The van der Waals surface area contributed by atoms with Crippen LogP contribution in [0.4, 0.5) is 4.79 Å². The minimum atomic E-state index is -1.33. The minimum absolute atomic E-state index is 0. The Morgan fingerprint density at radius 1 is 1.24 bits per heavy atom. The van der Waals surface area contributed by atoms with Gasteiger partial charge in [0.1, 0.15) is 18.0 Å². The fourth-order valence-electron chi connectivity index (χ4n) is 4.13. The molecule has 3 heterocycles. The summed E-state index contributed by atoms with van der Waals surface area (Å²) in [4.78, 5) is 32.5. The SMILES string of the molecule is CC(C)(C)OC(=O)N1CCN([C@H]2c3ccc(Cl)cc3OCc3cccnc32)C[C@@H]1C(=O)[O-].[Li+]. The smallest absolute Gasteiger partial charge is 0.548 e. The number of aromatic nitrogens is 1. The van der Waals surface area contributed by atoms with Gasteiger partial charge in [-0.25, -0.2) is 4.79 Å². The summed E-state index contributed by atoms with van der Waals surface area (Å²) in [5.41, 5.74) is 1.81.